The predicted octanol–water partition coefficient (Wildman–Crippen LogP) is 1.02. The van der Waals surface area contributed by atoms with E-state index in [1.54, 1.807) is 13.8 Å². The molecule has 2 N–H and O–H groups in total. The van der Waals surface area contributed by atoms with Crippen LogP contribution in [-0.4, -0.2) is 34.2 Å². The van der Waals surface area contributed by atoms with E-state index in [4.69, 9.17) is 4.74 Å². The third kappa shape index (κ3) is 1.34. The van der Waals surface area contributed by atoms with Crippen LogP contribution in [0.2, 0.25) is 0 Å². The monoisotopic (exact) mass is 269 g/mol. The number of hydrogen-bond donors (Lipinski definition) is 2. The van der Waals surface area contributed by atoms with Gasteiger partial charge in [-0.25, -0.2) is 4.79 Å². The van der Waals surface area contributed by atoms with E-state index >= 15 is 0 Å². The number of allylic oxidation sites excluding steroid dienone is 1. The van der Waals surface area contributed by atoms with Crippen molar-refractivity contribution in [3.8, 4) is 0 Å². The van der Waals surface area contributed by atoms with Crippen LogP contribution < -0.4 is 5.32 Å². The number of aliphatic hydroxyl groups is 1. The van der Waals surface area contributed by atoms with Gasteiger partial charge in [-0.2, -0.15) is 0 Å². The van der Waals surface area contributed by atoms with Crippen LogP contribution in [0.4, 0.5) is 0 Å². The molecule has 2 fully saturated rings. The average Bonchev–Trinajstić information content (AvgIpc) is 2.57. The Morgan fingerprint density at radius 3 is 2.84 bits per heavy atom. The van der Waals surface area contributed by atoms with Crippen molar-refractivity contribution >= 4 is 11.9 Å². The van der Waals surface area contributed by atoms with Crippen molar-refractivity contribution in [1.82, 2.24) is 5.32 Å². The Kier molecular flexibility index (Phi) is 2.55. The molecule has 1 amide bonds. The number of ether oxygens (including phenoxy) is 1. The molecule has 0 aromatic rings. The molecule has 0 aromatic carbocycles. The molecule has 2 aliphatic heterocycles. The first-order chi connectivity index (χ1) is 8.93. The fourth-order valence-electron chi connectivity index (χ4n) is 3.58. The predicted molar refractivity (Wildman–Crippen MR) is 71.3 cm³/mol. The zero-order valence-corrected chi connectivity index (χ0v) is 11.2. The van der Waals surface area contributed by atoms with E-state index in [-0.39, 0.29) is 14.7 Å². The van der Waals surface area contributed by atoms with Crippen molar-refractivity contribution in [1.29, 1.82) is 0 Å². The summed E-state index contributed by atoms with van der Waals surface area (Å²) in [5, 5.41) is 13.4. The standard InChI is InChI=1S/C14H19NO4.2H2/c1-8-11(17)15-14(12(18)19-13(8,14)2)10(16)9-6-4-3-5-7-9;;/h4,6,8-10,16H,3,5,7H2,1-2H3,(H,15,17);2*1H/t8-,9+,10-,13-,14-;;/m0../s1. The minimum atomic E-state index is -1.27. The number of aliphatic hydroxyl groups excluding tert-OH is 1. The Morgan fingerprint density at radius 1 is 1.58 bits per heavy atom. The molecule has 5 heteroatoms. The van der Waals surface area contributed by atoms with E-state index in [2.05, 4.69) is 5.32 Å². The number of carbonyl (C=O) groups is 2. The number of rotatable bonds is 2. The Hall–Kier alpha value is -1.36. The van der Waals surface area contributed by atoms with Gasteiger partial charge in [0.15, 0.2) is 5.60 Å². The molecule has 3 aliphatic rings. The molecular formula is C14H23NO4. The second-order valence-corrected chi connectivity index (χ2v) is 5.98. The van der Waals surface area contributed by atoms with Gasteiger partial charge in [-0.05, 0) is 33.1 Å². The lowest BCUT2D eigenvalue weighted by Crippen LogP contribution is -2.79. The van der Waals surface area contributed by atoms with Crippen molar-refractivity contribution in [2.75, 3.05) is 0 Å². The van der Waals surface area contributed by atoms with E-state index in [1.165, 1.54) is 0 Å². The summed E-state index contributed by atoms with van der Waals surface area (Å²) in [6.45, 7) is 3.46. The Bertz CT molecular complexity index is 484. The summed E-state index contributed by atoms with van der Waals surface area (Å²) in [5.41, 5.74) is -2.21. The number of amides is 1. The van der Waals surface area contributed by atoms with E-state index in [0.717, 1.165) is 19.3 Å². The zero-order valence-electron chi connectivity index (χ0n) is 11.2. The summed E-state index contributed by atoms with van der Waals surface area (Å²) in [6.07, 6.45) is 5.86. The van der Waals surface area contributed by atoms with E-state index in [9.17, 15) is 14.7 Å². The molecule has 2 saturated heterocycles. The minimum Gasteiger partial charge on any atom is -0.453 e. The number of fused-ring (bicyclic) bond motifs is 1. The Labute approximate surface area is 115 Å². The van der Waals surface area contributed by atoms with Crippen molar-refractivity contribution in [3.05, 3.63) is 12.2 Å². The van der Waals surface area contributed by atoms with Gasteiger partial charge >= 0.3 is 5.97 Å². The molecule has 1 aliphatic carbocycles. The Balaban J connectivity index is 0.00000110. The highest BCUT2D eigenvalue weighted by Gasteiger charge is 2.78. The van der Waals surface area contributed by atoms with Gasteiger partial charge in [-0.1, -0.05) is 12.2 Å². The number of nitrogens with one attached hydrogen (secondary N) is 1. The number of hydrogen-bond acceptors (Lipinski definition) is 4. The third-order valence-corrected chi connectivity index (χ3v) is 5.09. The van der Waals surface area contributed by atoms with Gasteiger partial charge in [0.05, 0.1) is 12.0 Å². The van der Waals surface area contributed by atoms with Crippen LogP contribution in [0.25, 0.3) is 0 Å². The summed E-state index contributed by atoms with van der Waals surface area (Å²) in [6, 6.07) is 0. The molecule has 0 spiro atoms. The largest absolute Gasteiger partial charge is 0.453 e. The van der Waals surface area contributed by atoms with Crippen LogP contribution in [0.15, 0.2) is 12.2 Å². The summed E-state index contributed by atoms with van der Waals surface area (Å²) >= 11 is 0. The van der Waals surface area contributed by atoms with Crippen LogP contribution >= 0.6 is 0 Å². The van der Waals surface area contributed by atoms with Gasteiger partial charge in [0.1, 0.15) is 0 Å². The van der Waals surface area contributed by atoms with Gasteiger partial charge in [-0.3, -0.25) is 4.79 Å². The fourth-order valence-corrected chi connectivity index (χ4v) is 3.58. The van der Waals surface area contributed by atoms with Crippen molar-refractivity contribution in [3.63, 3.8) is 0 Å². The van der Waals surface area contributed by atoms with Gasteiger partial charge in [-0.15, -0.1) is 0 Å². The first kappa shape index (κ1) is 12.7. The fraction of sp³-hybridized carbons (Fsp3) is 0.714. The smallest absolute Gasteiger partial charge is 0.339 e. The molecule has 0 radical (unpaired) electrons. The van der Waals surface area contributed by atoms with Crippen molar-refractivity contribution in [2.24, 2.45) is 11.8 Å². The van der Waals surface area contributed by atoms with Crippen LogP contribution in [0.5, 0.6) is 0 Å². The maximum Gasteiger partial charge on any atom is 0.339 e. The zero-order chi connectivity index (χ0) is 13.8. The molecule has 108 valence electrons. The maximum absolute atomic E-state index is 12.0. The molecule has 0 unspecified atom stereocenters. The third-order valence-electron chi connectivity index (χ3n) is 5.09. The van der Waals surface area contributed by atoms with Gasteiger partial charge in [0, 0.05) is 8.77 Å². The first-order valence-corrected chi connectivity index (χ1v) is 6.83. The number of esters is 1. The molecule has 2 heterocycles. The molecule has 0 bridgehead atoms. The second-order valence-electron chi connectivity index (χ2n) is 5.98. The molecule has 3 rings (SSSR count). The topological polar surface area (TPSA) is 75.6 Å². The maximum atomic E-state index is 12.0. The molecule has 5 nitrogen and oxygen atoms in total. The quantitative estimate of drug-likeness (QED) is 0.579. The minimum absolute atomic E-state index is 0. The molecule has 5 atom stereocenters. The first-order valence-electron chi connectivity index (χ1n) is 6.83. The number of carbonyl (C=O) groups excluding carboxylic acids is 2. The Morgan fingerprint density at radius 2 is 2.32 bits per heavy atom. The van der Waals surface area contributed by atoms with Crippen LogP contribution in [0, 0.1) is 11.8 Å². The highest BCUT2D eigenvalue weighted by atomic mass is 16.6. The average molecular weight is 269 g/mol. The molecule has 19 heavy (non-hydrogen) atoms. The summed E-state index contributed by atoms with van der Waals surface area (Å²) in [7, 11) is 0. The molecule has 0 saturated carbocycles. The van der Waals surface area contributed by atoms with Crippen molar-refractivity contribution in [2.45, 2.75) is 50.4 Å². The lowest BCUT2D eigenvalue weighted by Gasteiger charge is -2.54. The van der Waals surface area contributed by atoms with E-state index in [0.29, 0.717) is 0 Å². The highest BCUT2D eigenvalue weighted by Crippen LogP contribution is 2.52. The lowest BCUT2D eigenvalue weighted by molar-refractivity contribution is -0.237. The molecule has 0 aromatic heterocycles. The highest BCUT2D eigenvalue weighted by molar-refractivity contribution is 6.01. The van der Waals surface area contributed by atoms with E-state index in [1.807, 2.05) is 12.2 Å². The summed E-state index contributed by atoms with van der Waals surface area (Å²) in [5.74, 6) is -1.29. The van der Waals surface area contributed by atoms with E-state index < -0.39 is 29.1 Å². The second kappa shape index (κ2) is 3.82. The van der Waals surface area contributed by atoms with Crippen molar-refractivity contribution < 1.29 is 22.3 Å². The van der Waals surface area contributed by atoms with Crippen LogP contribution in [0.3, 0.4) is 0 Å². The van der Waals surface area contributed by atoms with Gasteiger partial charge in [0.2, 0.25) is 11.4 Å². The van der Waals surface area contributed by atoms with Crippen LogP contribution in [-0.2, 0) is 14.3 Å². The molecular weight excluding hydrogens is 246 g/mol. The normalized spacial score (nSPS) is 46.1. The van der Waals surface area contributed by atoms with Crippen LogP contribution in [0.1, 0.15) is 36.0 Å². The van der Waals surface area contributed by atoms with Gasteiger partial charge < -0.3 is 15.2 Å². The van der Waals surface area contributed by atoms with Gasteiger partial charge in [0.25, 0.3) is 0 Å². The summed E-state index contributed by atoms with van der Waals surface area (Å²) < 4.78 is 5.24. The summed E-state index contributed by atoms with van der Waals surface area (Å²) in [4.78, 5) is 23.9. The lowest BCUT2D eigenvalue weighted by atomic mass is 9.65. The SMILES string of the molecule is C[C@H]1C(=O)N[C@@]2([C@@H](O)[C@@H]3C=CCCC3)C(=O)O[C@@]12C.[HH].[HH].